The van der Waals surface area contributed by atoms with Crippen molar-refractivity contribution in [2.45, 2.75) is 34.8 Å². The van der Waals surface area contributed by atoms with Crippen molar-refractivity contribution in [1.29, 1.82) is 0 Å². The number of aliphatic carboxylic acids is 1. The summed E-state index contributed by atoms with van der Waals surface area (Å²) in [7, 11) is -12.4. The number of nitrogens with zero attached hydrogens (tertiary/aromatic N) is 3. The smallest absolute Gasteiger partial charge is 0.323 e. The van der Waals surface area contributed by atoms with Crippen LogP contribution in [0.15, 0.2) is 95.1 Å². The average Bonchev–Trinajstić information content (AvgIpc) is 3.86. The summed E-state index contributed by atoms with van der Waals surface area (Å²) < 4.78 is 85.0. The van der Waals surface area contributed by atoms with E-state index in [9.17, 15) is 36.3 Å². The van der Waals surface area contributed by atoms with Crippen molar-refractivity contribution in [2.24, 2.45) is 5.73 Å². The van der Waals surface area contributed by atoms with E-state index in [1.807, 2.05) is 0 Å². The summed E-state index contributed by atoms with van der Waals surface area (Å²) in [4.78, 5) is 43.6. The number of imidazole rings is 1. The Kier molecular flexibility index (Phi) is 14.2. The molecule has 2 amide bonds. The number of nitrogens with two attached hydrogens (primary N) is 1. The molecule has 3 aromatic carbocycles. The van der Waals surface area contributed by atoms with E-state index in [1.165, 1.54) is 48.5 Å². The van der Waals surface area contributed by atoms with Crippen molar-refractivity contribution in [3.8, 4) is 11.1 Å². The van der Waals surface area contributed by atoms with Crippen LogP contribution < -0.4 is 31.1 Å². The van der Waals surface area contributed by atoms with Gasteiger partial charge in [-0.1, -0.05) is 24.3 Å². The van der Waals surface area contributed by atoms with Crippen LogP contribution in [0.5, 0.6) is 0 Å². The number of aromatic nitrogens is 4. The average molecular weight is 863 g/mol. The van der Waals surface area contributed by atoms with Crippen LogP contribution in [0, 0.1) is 0 Å². The van der Waals surface area contributed by atoms with Gasteiger partial charge in [0.2, 0.25) is 26.0 Å². The maximum Gasteiger partial charge on any atom is 0.323 e. The lowest BCUT2D eigenvalue weighted by molar-refractivity contribution is -0.138. The summed E-state index contributed by atoms with van der Waals surface area (Å²) in [5, 5.41) is 22.8. The van der Waals surface area contributed by atoms with Gasteiger partial charge in [0.15, 0.2) is 5.95 Å². The third-order valence-corrected chi connectivity index (χ3v) is 12.2. The molecule has 24 heteroatoms. The lowest BCUT2D eigenvalue weighted by atomic mass is 10.1. The van der Waals surface area contributed by atoms with E-state index in [-0.39, 0.29) is 28.4 Å². The van der Waals surface area contributed by atoms with Crippen LogP contribution in [-0.4, -0.2) is 117 Å². The number of rotatable bonds is 21. The molecule has 5 aromatic rings. The summed E-state index contributed by atoms with van der Waals surface area (Å²) in [6.45, 7) is 0.291. The molecule has 5 rings (SSSR count). The second-order valence-corrected chi connectivity index (χ2v) is 17.8. The molecule has 2 atom stereocenters. The Bertz CT molecular complexity index is 2420. The molecule has 21 nitrogen and oxygen atoms in total. The Morgan fingerprint density at radius 2 is 1.50 bits per heavy atom. The van der Waals surface area contributed by atoms with Crippen LogP contribution in [-0.2, 0) is 36.2 Å². The van der Waals surface area contributed by atoms with Crippen molar-refractivity contribution in [2.75, 3.05) is 37.2 Å². The van der Waals surface area contributed by atoms with Gasteiger partial charge in [0.1, 0.15) is 6.04 Å². The van der Waals surface area contributed by atoms with E-state index in [2.05, 4.69) is 40.5 Å². The fraction of sp³-hybridized carbons (Fsp3) is 0.265. The number of hydrogen-bond donors (Lipinski definition) is 11. The van der Waals surface area contributed by atoms with E-state index in [0.29, 0.717) is 35.6 Å². The molecule has 12 N–H and O–H groups in total. The summed E-state index contributed by atoms with van der Waals surface area (Å²) in [6.07, 6.45) is 5.72. The molecule has 2 heterocycles. The van der Waals surface area contributed by atoms with Gasteiger partial charge in [0, 0.05) is 56.1 Å². The minimum Gasteiger partial charge on any atom is -0.480 e. The topological polar surface area (TPSA) is 333 Å². The van der Waals surface area contributed by atoms with Crippen molar-refractivity contribution < 1.29 is 50.0 Å². The molecule has 0 unspecified atom stereocenters. The number of aromatic amines is 1. The summed E-state index contributed by atoms with van der Waals surface area (Å²) in [5.74, 6) is -3.06. The maximum absolute atomic E-state index is 13.2. The van der Waals surface area contributed by atoms with Crippen LogP contribution in [0.3, 0.4) is 0 Å². The highest BCUT2D eigenvalue weighted by molar-refractivity contribution is 8.19. The van der Waals surface area contributed by atoms with Gasteiger partial charge >= 0.3 is 5.97 Å². The number of carbonyl (C=O) groups is 3. The van der Waals surface area contributed by atoms with Crippen molar-refractivity contribution in [3.63, 3.8) is 0 Å². The molecule has 0 fully saturated rings. The highest BCUT2D eigenvalue weighted by Gasteiger charge is 2.27. The van der Waals surface area contributed by atoms with Crippen molar-refractivity contribution >= 4 is 65.6 Å². The Balaban J connectivity index is 1.11. The highest BCUT2D eigenvalue weighted by atomic mass is 32.3. The molecule has 0 spiro atoms. The number of H-pyrrole nitrogens is 1. The van der Waals surface area contributed by atoms with Gasteiger partial charge in [0.05, 0.1) is 44.2 Å². The van der Waals surface area contributed by atoms with Gasteiger partial charge < -0.3 is 45.4 Å². The summed E-state index contributed by atoms with van der Waals surface area (Å²) in [5.41, 5.74) is 7.53. The van der Waals surface area contributed by atoms with Crippen LogP contribution in [0.2, 0.25) is 0 Å². The third-order valence-electron chi connectivity index (χ3n) is 8.42. The molecule has 0 saturated carbocycles. The van der Waals surface area contributed by atoms with Crippen LogP contribution >= 0.6 is 10.9 Å². The molecule has 0 aliphatic carbocycles. The van der Waals surface area contributed by atoms with Gasteiger partial charge in [-0.15, -0.1) is 0 Å². The second kappa shape index (κ2) is 18.9. The number of carboxylic acid groups (broad SMARTS) is 1. The van der Waals surface area contributed by atoms with E-state index in [1.54, 1.807) is 41.5 Å². The minimum absolute atomic E-state index is 0.109. The van der Waals surface area contributed by atoms with Gasteiger partial charge in [-0.05, 0) is 60.0 Å². The normalized spacial score (nSPS) is 13.4. The Hall–Kier alpha value is -5.44. The minimum atomic E-state index is -4.38. The third kappa shape index (κ3) is 12.0. The van der Waals surface area contributed by atoms with E-state index >= 15 is 0 Å². The Morgan fingerprint density at radius 1 is 0.845 bits per heavy atom. The van der Waals surface area contributed by atoms with Crippen LogP contribution in [0.1, 0.15) is 16.8 Å². The number of sulfonamides is 2. The first-order valence-corrected chi connectivity index (χ1v) is 22.0. The predicted octanol–water partition coefficient (Wildman–Crippen LogP) is 1.04. The van der Waals surface area contributed by atoms with Crippen LogP contribution in [0.25, 0.3) is 22.0 Å². The first kappa shape index (κ1) is 43.7. The Morgan fingerprint density at radius 3 is 2.10 bits per heavy atom. The standard InChI is InChI=1S/C34H42N10O11S3/c35-28(21-56(49,50)51)32(46)36-15-16-42-57(52,53)26-7-2-22(3-8-26)23-4-9-27(10-5-23)58(54,55)43-29(33(47)48)20-40-31(45)24-6-11-30-25(18-24)19-41-44(30)17-1-12-37-34-38-13-14-39-34/h2-11,13-14,18-19,28-29,42-43,49-51H,1,12,15-17,20-21,35H2,(H,36,46)(H,40,45)(H,47,48)(H2,37,38,39)/t28-,29-/m0/s1. The molecule has 0 bridgehead atoms. The number of fused-ring (bicyclic) bond motifs is 1. The highest BCUT2D eigenvalue weighted by Crippen LogP contribution is 2.32. The number of anilines is 1. The monoisotopic (exact) mass is 862 g/mol. The number of carboxylic acids is 1. The molecular weight excluding hydrogens is 821 g/mol. The molecule has 0 saturated heterocycles. The number of amides is 2. The number of benzene rings is 3. The number of carbonyl (C=O) groups excluding carboxylic acids is 2. The molecule has 0 aliphatic rings. The second-order valence-electron chi connectivity index (χ2n) is 12.7. The predicted molar refractivity (Wildman–Crippen MR) is 214 cm³/mol. The molecular formula is C34H42N10O11S3. The SMILES string of the molecule is N[C@@H](CS(O)(O)O)C(=O)NCCNS(=O)(=O)c1ccc(-c2ccc(S(=O)(=O)N[C@@H](CNC(=O)c3ccc4c(cnn4CCCNc4ncc[nH]4)c3)C(=O)O)cc2)cc1. The fourth-order valence-electron chi connectivity index (χ4n) is 5.49. The number of hydrogen-bond acceptors (Lipinski definition) is 14. The van der Waals surface area contributed by atoms with E-state index < -0.39 is 73.1 Å². The fourth-order valence-corrected chi connectivity index (χ4v) is 8.34. The molecule has 312 valence electrons. The van der Waals surface area contributed by atoms with E-state index in [0.717, 1.165) is 11.9 Å². The lowest BCUT2D eigenvalue weighted by Gasteiger charge is -2.22. The summed E-state index contributed by atoms with van der Waals surface area (Å²) >= 11 is 0. The zero-order valence-corrected chi connectivity index (χ0v) is 32.9. The number of aryl methyl sites for hydroxylation is 1. The maximum atomic E-state index is 13.2. The van der Waals surface area contributed by atoms with E-state index in [4.69, 9.17) is 19.4 Å². The first-order valence-electron chi connectivity index (χ1n) is 17.4. The number of nitrogens with one attached hydrogen (secondary N) is 6. The van der Waals surface area contributed by atoms with Gasteiger partial charge in [-0.2, -0.15) is 9.82 Å². The molecule has 0 aliphatic heterocycles. The van der Waals surface area contributed by atoms with Crippen molar-refractivity contribution in [1.82, 2.24) is 39.8 Å². The van der Waals surface area contributed by atoms with Crippen LogP contribution in [0.4, 0.5) is 5.95 Å². The first-order chi connectivity index (χ1) is 27.4. The van der Waals surface area contributed by atoms with Gasteiger partial charge in [-0.25, -0.2) is 26.5 Å². The Labute approximate surface area is 334 Å². The van der Waals surface area contributed by atoms with Crippen molar-refractivity contribution in [3.05, 3.63) is 90.9 Å². The molecule has 0 radical (unpaired) electrons. The lowest BCUT2D eigenvalue weighted by Crippen LogP contribution is -2.48. The summed E-state index contributed by atoms with van der Waals surface area (Å²) in [6, 6.07) is 12.8. The molecule has 58 heavy (non-hydrogen) atoms. The quantitative estimate of drug-likeness (QED) is 0.0459. The zero-order valence-electron chi connectivity index (χ0n) is 30.5. The van der Waals surface area contributed by atoms with Gasteiger partial charge in [-0.3, -0.25) is 19.1 Å². The van der Waals surface area contributed by atoms with Gasteiger partial charge in [0.25, 0.3) is 5.91 Å². The largest absolute Gasteiger partial charge is 0.480 e. The zero-order chi connectivity index (χ0) is 42.1. The molecule has 2 aromatic heterocycles.